The normalized spacial score (nSPS) is 16.9. The maximum atomic E-state index is 13.0. The monoisotopic (exact) mass is 734 g/mol. The van der Waals surface area contributed by atoms with Crippen molar-refractivity contribution < 1.29 is 23.9 Å². The van der Waals surface area contributed by atoms with Gasteiger partial charge in [-0.3, -0.25) is 14.4 Å². The molecule has 0 bridgehead atoms. The van der Waals surface area contributed by atoms with Crippen LogP contribution in [0.1, 0.15) is 44.9 Å². The van der Waals surface area contributed by atoms with E-state index in [1.807, 2.05) is 81.6 Å². The van der Waals surface area contributed by atoms with Gasteiger partial charge in [0.05, 0.1) is 35.1 Å². The molecular formula is C16H11Cl2I3O5. The lowest BCUT2D eigenvalue weighted by Crippen LogP contribution is -2.29. The highest BCUT2D eigenvalue weighted by atomic mass is 127. The largest absolute Gasteiger partial charge is 0.472 e. The number of rotatable bonds is 5. The Kier molecular flexibility index (Phi) is 8.18. The van der Waals surface area contributed by atoms with Gasteiger partial charge in [-0.25, -0.2) is 0 Å². The first kappa shape index (κ1) is 22.8. The summed E-state index contributed by atoms with van der Waals surface area (Å²) in [7, 11) is 0. The van der Waals surface area contributed by atoms with Gasteiger partial charge >= 0.3 is 0 Å². The number of ketones is 1. The van der Waals surface area contributed by atoms with Gasteiger partial charge in [0.2, 0.25) is 6.29 Å². The summed E-state index contributed by atoms with van der Waals surface area (Å²) in [6, 6.07) is 0. The molecule has 10 heteroatoms. The maximum absolute atomic E-state index is 13.0. The molecule has 1 aromatic rings. The maximum Gasteiger partial charge on any atom is 0.254 e. The third kappa shape index (κ3) is 4.56. The van der Waals surface area contributed by atoms with Gasteiger partial charge in [0.25, 0.3) is 10.5 Å². The van der Waals surface area contributed by atoms with E-state index in [1.165, 1.54) is 6.26 Å². The van der Waals surface area contributed by atoms with E-state index in [0.717, 1.165) is 0 Å². The Morgan fingerprint density at radius 1 is 1.00 bits per heavy atom. The molecule has 26 heavy (non-hydrogen) atoms. The van der Waals surface area contributed by atoms with Crippen LogP contribution in [0.15, 0.2) is 11.8 Å². The van der Waals surface area contributed by atoms with Crippen molar-refractivity contribution in [1.29, 1.82) is 0 Å². The van der Waals surface area contributed by atoms with Crippen molar-refractivity contribution in [2.75, 3.05) is 6.61 Å². The molecule has 1 atom stereocenters. The van der Waals surface area contributed by atoms with Crippen LogP contribution in [0.4, 0.5) is 0 Å². The first-order chi connectivity index (χ1) is 12.1. The highest BCUT2D eigenvalue weighted by Gasteiger charge is 2.32. The Balaban J connectivity index is 2.61. The fourth-order valence-electron chi connectivity index (χ4n) is 2.23. The van der Waals surface area contributed by atoms with Crippen molar-refractivity contribution in [2.24, 2.45) is 5.92 Å². The van der Waals surface area contributed by atoms with Gasteiger partial charge in [-0.15, -0.1) is 0 Å². The number of ether oxygens (including phenoxy) is 2. The molecule has 5 nitrogen and oxygen atoms in total. The van der Waals surface area contributed by atoms with Crippen LogP contribution in [-0.4, -0.2) is 29.2 Å². The molecule has 0 aliphatic carbocycles. The average molecular weight is 735 g/mol. The lowest BCUT2D eigenvalue weighted by molar-refractivity contribution is -0.139. The summed E-state index contributed by atoms with van der Waals surface area (Å²) < 4.78 is 12.0. The molecule has 0 radical (unpaired) electrons. The number of benzene rings is 1. The summed E-state index contributed by atoms with van der Waals surface area (Å²) in [5.74, 6) is -0.279. The van der Waals surface area contributed by atoms with Crippen molar-refractivity contribution >= 4 is 107 Å². The zero-order valence-corrected chi connectivity index (χ0v) is 21.4. The van der Waals surface area contributed by atoms with Crippen LogP contribution in [-0.2, 0) is 9.47 Å². The van der Waals surface area contributed by atoms with Gasteiger partial charge in [0.1, 0.15) is 0 Å². The Bertz CT molecular complexity index is 795. The minimum absolute atomic E-state index is 0.0636. The summed E-state index contributed by atoms with van der Waals surface area (Å²) in [5, 5.41) is -1.54. The minimum Gasteiger partial charge on any atom is -0.472 e. The number of carbonyl (C=O) groups is 3. The molecule has 1 heterocycles. The molecule has 2 rings (SSSR count). The van der Waals surface area contributed by atoms with Crippen LogP contribution in [0.5, 0.6) is 0 Å². The summed E-state index contributed by atoms with van der Waals surface area (Å²) in [6.45, 7) is 3.94. The molecule has 1 aliphatic heterocycles. The molecule has 0 fully saturated rings. The molecule has 140 valence electrons. The van der Waals surface area contributed by atoms with Crippen LogP contribution in [0, 0.1) is 16.6 Å². The smallest absolute Gasteiger partial charge is 0.254 e. The second-order valence-corrected chi connectivity index (χ2v) is 9.57. The van der Waals surface area contributed by atoms with Gasteiger partial charge in [0.15, 0.2) is 5.78 Å². The van der Waals surface area contributed by atoms with Crippen molar-refractivity contribution in [3.05, 3.63) is 39.2 Å². The van der Waals surface area contributed by atoms with E-state index >= 15 is 0 Å². The van der Waals surface area contributed by atoms with Crippen molar-refractivity contribution in [3.63, 3.8) is 0 Å². The molecule has 0 N–H and O–H groups in total. The third-order valence-electron chi connectivity index (χ3n) is 3.52. The summed E-state index contributed by atoms with van der Waals surface area (Å²) in [4.78, 5) is 36.8. The quantitative estimate of drug-likeness (QED) is 0.232. The first-order valence-corrected chi connectivity index (χ1v) is 11.2. The number of hydrogen-bond acceptors (Lipinski definition) is 5. The van der Waals surface area contributed by atoms with E-state index in [9.17, 15) is 14.4 Å². The summed E-state index contributed by atoms with van der Waals surface area (Å²) >= 11 is 16.9. The highest BCUT2D eigenvalue weighted by Crippen LogP contribution is 2.35. The summed E-state index contributed by atoms with van der Waals surface area (Å²) in [6.07, 6.45) is 0.937. The van der Waals surface area contributed by atoms with E-state index < -0.39 is 22.6 Å². The van der Waals surface area contributed by atoms with E-state index in [-0.39, 0.29) is 34.8 Å². The zero-order chi connectivity index (χ0) is 19.8. The predicted molar refractivity (Wildman–Crippen MR) is 123 cm³/mol. The Labute approximate surface area is 200 Å². The molecule has 0 saturated carbocycles. The highest BCUT2D eigenvalue weighted by molar-refractivity contribution is 14.1. The predicted octanol–water partition coefficient (Wildman–Crippen LogP) is 5.35. The molecule has 0 aromatic heterocycles. The minimum atomic E-state index is -0.770. The van der Waals surface area contributed by atoms with Gasteiger partial charge in [-0.05, 0) is 91.0 Å². The van der Waals surface area contributed by atoms with Gasteiger partial charge < -0.3 is 9.47 Å². The number of carbonyl (C=O) groups excluding carboxylic acids is 3. The molecule has 0 spiro atoms. The van der Waals surface area contributed by atoms with Crippen LogP contribution < -0.4 is 0 Å². The molecule has 0 saturated heterocycles. The topological polar surface area (TPSA) is 69.7 Å². The average Bonchev–Trinajstić information content (AvgIpc) is 2.53. The zero-order valence-electron chi connectivity index (χ0n) is 13.4. The fourth-order valence-corrected chi connectivity index (χ4v) is 7.88. The van der Waals surface area contributed by atoms with E-state index in [4.69, 9.17) is 32.7 Å². The van der Waals surface area contributed by atoms with Crippen molar-refractivity contribution in [3.8, 4) is 0 Å². The fraction of sp³-hybridized carbons (Fsp3) is 0.312. The van der Waals surface area contributed by atoms with Gasteiger partial charge in [-0.2, -0.15) is 0 Å². The third-order valence-corrected chi connectivity index (χ3v) is 7.13. The standard InChI is InChI=1S/C16H11Cl2I3O5/c1-5(2)16-25-3-6(4-26-16)13(22)7-10(19)8(14(17)23)12(21)9(11(7)20)15(18)24/h3,5,16H,4H2,1-2H3. The molecule has 1 unspecified atom stereocenters. The summed E-state index contributed by atoms with van der Waals surface area (Å²) in [5.41, 5.74) is 0.624. The number of halogens is 5. The Morgan fingerprint density at radius 2 is 1.46 bits per heavy atom. The molecule has 0 amide bonds. The van der Waals surface area contributed by atoms with Crippen molar-refractivity contribution in [2.45, 2.75) is 20.1 Å². The lowest BCUT2D eigenvalue weighted by atomic mass is 9.99. The second kappa shape index (κ2) is 9.33. The number of hydrogen-bond donors (Lipinski definition) is 0. The van der Waals surface area contributed by atoms with Crippen LogP contribution in [0.25, 0.3) is 0 Å². The van der Waals surface area contributed by atoms with E-state index in [1.54, 1.807) is 0 Å². The van der Waals surface area contributed by atoms with E-state index in [0.29, 0.717) is 10.7 Å². The van der Waals surface area contributed by atoms with Crippen molar-refractivity contribution in [1.82, 2.24) is 0 Å². The Morgan fingerprint density at radius 3 is 1.81 bits per heavy atom. The van der Waals surface area contributed by atoms with Gasteiger partial charge in [-0.1, -0.05) is 13.8 Å². The molecular weight excluding hydrogens is 724 g/mol. The molecule has 1 aliphatic rings. The second-order valence-electron chi connectivity index (χ2n) is 5.65. The van der Waals surface area contributed by atoms with Gasteiger partial charge in [0, 0.05) is 16.6 Å². The molecule has 1 aromatic carbocycles. The van der Waals surface area contributed by atoms with E-state index in [2.05, 4.69) is 0 Å². The van der Waals surface area contributed by atoms with Crippen LogP contribution >= 0.6 is 91.0 Å². The Hall–Kier alpha value is 0.500. The lowest BCUT2D eigenvalue weighted by Gasteiger charge is -2.26. The SMILES string of the molecule is CC(C)C1OC=C(C(=O)c2c(I)c(C(=O)Cl)c(I)c(C(=O)Cl)c2I)CO1. The first-order valence-electron chi connectivity index (χ1n) is 7.18. The number of Topliss-reactive ketones (excluding diaryl/α,β-unsaturated/α-hetero) is 1. The van der Waals surface area contributed by atoms with Crippen LogP contribution in [0.3, 0.4) is 0 Å². The van der Waals surface area contributed by atoms with Crippen LogP contribution in [0.2, 0.25) is 0 Å².